The number of aliphatic hydroxyl groups is 1. The zero-order valence-corrected chi connectivity index (χ0v) is 21.3. The molecule has 0 radical (unpaired) electrons. The molecule has 0 aromatic heterocycles. The Labute approximate surface area is 203 Å². The van der Waals surface area contributed by atoms with Gasteiger partial charge in [-0.3, -0.25) is 4.79 Å². The summed E-state index contributed by atoms with van der Waals surface area (Å²) in [4.78, 5) is 11.7. The first kappa shape index (κ1) is 24.2. The second-order valence-corrected chi connectivity index (χ2v) is 14.4. The molecule has 0 saturated heterocycles. The summed E-state index contributed by atoms with van der Waals surface area (Å²) in [6.07, 6.45) is 0.650. The normalized spacial score (nSPS) is 19.7. The van der Waals surface area contributed by atoms with Crippen LogP contribution in [0.4, 0.5) is 0 Å². The Bertz CT molecular complexity index is 1180. The predicted octanol–water partition coefficient (Wildman–Crippen LogP) is 4.22. The molecule has 0 aliphatic heterocycles. The van der Waals surface area contributed by atoms with Crippen molar-refractivity contribution >= 4 is 24.5 Å². The van der Waals surface area contributed by atoms with Gasteiger partial charge < -0.3 is 9.53 Å². The molecule has 4 rings (SSSR count). The summed E-state index contributed by atoms with van der Waals surface area (Å²) in [5, 5.41) is 14.0. The average molecular weight is 469 g/mol. The van der Waals surface area contributed by atoms with Gasteiger partial charge in [0, 0.05) is 19.4 Å². The lowest BCUT2D eigenvalue weighted by atomic mass is 9.88. The molecule has 3 aromatic carbocycles. The van der Waals surface area contributed by atoms with Gasteiger partial charge in [-0.2, -0.15) is 0 Å². The van der Waals surface area contributed by atoms with Crippen LogP contribution >= 0.6 is 0 Å². The third-order valence-corrected chi connectivity index (χ3v) is 11.8. The van der Waals surface area contributed by atoms with Gasteiger partial charge >= 0.3 is 0 Å². The summed E-state index contributed by atoms with van der Waals surface area (Å²) in [6.45, 7) is 8.48. The standard InChI is InChI=1S/C30H32O3Si/c1-23(31)19-20-30(32)25(21-24-13-11-12-18-28(24)30)22-33-34(29(2,3)4,26-14-7-5-8-15-26)27-16-9-6-10-17-27/h5-18,25,32H,21-22H2,1-4H3. The molecule has 1 N–H and O–H groups in total. The van der Waals surface area contributed by atoms with Crippen molar-refractivity contribution in [3.8, 4) is 11.8 Å². The van der Waals surface area contributed by atoms with E-state index in [0.29, 0.717) is 13.0 Å². The SMILES string of the molecule is CC(=O)C#CC1(O)c2ccccc2CC1CO[Si](c1ccccc1)(c1ccccc1)C(C)(C)C. The molecule has 4 heteroatoms. The topological polar surface area (TPSA) is 46.5 Å². The Morgan fingerprint density at radius 2 is 1.50 bits per heavy atom. The van der Waals surface area contributed by atoms with E-state index >= 15 is 0 Å². The Kier molecular flexibility index (Phi) is 6.64. The number of hydrogen-bond acceptors (Lipinski definition) is 3. The highest BCUT2D eigenvalue weighted by molar-refractivity contribution is 6.99. The molecule has 174 valence electrons. The first-order valence-corrected chi connectivity index (χ1v) is 13.7. The zero-order valence-electron chi connectivity index (χ0n) is 20.3. The fraction of sp³-hybridized carbons (Fsp3) is 0.300. The summed E-state index contributed by atoms with van der Waals surface area (Å²) in [6, 6.07) is 28.8. The molecule has 0 heterocycles. The molecule has 3 nitrogen and oxygen atoms in total. The van der Waals surface area contributed by atoms with Crippen molar-refractivity contribution in [3.05, 3.63) is 96.1 Å². The third kappa shape index (κ3) is 4.28. The van der Waals surface area contributed by atoms with Crippen molar-refractivity contribution < 1.29 is 14.3 Å². The fourth-order valence-electron chi connectivity index (χ4n) is 5.22. The molecule has 34 heavy (non-hydrogen) atoms. The van der Waals surface area contributed by atoms with E-state index in [1.165, 1.54) is 17.3 Å². The summed E-state index contributed by atoms with van der Waals surface area (Å²) < 4.78 is 7.11. The van der Waals surface area contributed by atoms with Crippen LogP contribution in [0.1, 0.15) is 38.8 Å². The number of hydrogen-bond donors (Lipinski definition) is 1. The number of fused-ring (bicyclic) bond motifs is 1. The van der Waals surface area contributed by atoms with Crippen LogP contribution in [0.15, 0.2) is 84.9 Å². The summed E-state index contributed by atoms with van der Waals surface area (Å²) in [7, 11) is -2.75. The Balaban J connectivity index is 1.79. The maximum atomic E-state index is 11.8. The molecular formula is C30H32O3Si. The molecule has 0 amide bonds. The molecule has 3 aromatic rings. The van der Waals surface area contributed by atoms with Crippen molar-refractivity contribution in [1.82, 2.24) is 0 Å². The fourth-order valence-corrected chi connectivity index (χ4v) is 9.83. The van der Waals surface area contributed by atoms with Crippen LogP contribution in [0.3, 0.4) is 0 Å². The van der Waals surface area contributed by atoms with Gasteiger partial charge in [0.1, 0.15) is 0 Å². The largest absolute Gasteiger partial charge is 0.407 e. The van der Waals surface area contributed by atoms with Gasteiger partial charge in [-0.1, -0.05) is 112 Å². The lowest BCUT2D eigenvalue weighted by molar-refractivity contribution is -0.111. The predicted molar refractivity (Wildman–Crippen MR) is 140 cm³/mol. The summed E-state index contributed by atoms with van der Waals surface area (Å²) in [5.74, 6) is 4.98. The number of carbonyl (C=O) groups is 1. The second-order valence-electron chi connectivity index (χ2n) is 10.1. The van der Waals surface area contributed by atoms with Crippen molar-refractivity contribution in [3.63, 3.8) is 0 Å². The van der Waals surface area contributed by atoms with E-state index in [4.69, 9.17) is 4.43 Å². The van der Waals surface area contributed by atoms with Crippen molar-refractivity contribution in [2.75, 3.05) is 6.61 Å². The number of Topliss-reactive ketones (excluding diaryl/α,β-unsaturated/α-hetero) is 1. The Hall–Kier alpha value is -2.97. The molecule has 2 atom stereocenters. The zero-order chi connectivity index (χ0) is 24.4. The van der Waals surface area contributed by atoms with E-state index < -0.39 is 13.9 Å². The van der Waals surface area contributed by atoms with Gasteiger partial charge in [0.05, 0.1) is 0 Å². The molecule has 0 bridgehead atoms. The van der Waals surface area contributed by atoms with E-state index in [9.17, 15) is 9.90 Å². The first-order valence-electron chi connectivity index (χ1n) is 11.8. The molecule has 0 spiro atoms. The van der Waals surface area contributed by atoms with E-state index in [-0.39, 0.29) is 16.7 Å². The lowest BCUT2D eigenvalue weighted by Crippen LogP contribution is -2.67. The van der Waals surface area contributed by atoms with Gasteiger partial charge in [0.15, 0.2) is 5.60 Å². The summed E-state index contributed by atoms with van der Waals surface area (Å²) in [5.41, 5.74) is 0.409. The van der Waals surface area contributed by atoms with Crippen LogP contribution in [0, 0.1) is 17.8 Å². The molecular weight excluding hydrogens is 436 g/mol. The third-order valence-electron chi connectivity index (χ3n) is 6.83. The Morgan fingerprint density at radius 1 is 0.971 bits per heavy atom. The number of rotatable bonds is 5. The van der Waals surface area contributed by atoms with E-state index in [1.807, 2.05) is 36.4 Å². The monoisotopic (exact) mass is 468 g/mol. The van der Waals surface area contributed by atoms with E-state index in [0.717, 1.165) is 11.1 Å². The van der Waals surface area contributed by atoms with Crippen LogP contribution in [0.2, 0.25) is 5.04 Å². The van der Waals surface area contributed by atoms with Gasteiger partial charge in [0.25, 0.3) is 8.32 Å². The first-order chi connectivity index (χ1) is 16.2. The van der Waals surface area contributed by atoms with Crippen LogP contribution in [0.5, 0.6) is 0 Å². The molecule has 0 saturated carbocycles. The minimum Gasteiger partial charge on any atom is -0.407 e. The molecule has 1 aliphatic carbocycles. The minimum absolute atomic E-state index is 0.162. The molecule has 0 fully saturated rings. The van der Waals surface area contributed by atoms with Crippen LogP contribution in [-0.2, 0) is 21.2 Å². The highest BCUT2D eigenvalue weighted by atomic mass is 28.4. The summed E-state index contributed by atoms with van der Waals surface area (Å²) >= 11 is 0. The van der Waals surface area contributed by atoms with Crippen LogP contribution in [0.25, 0.3) is 0 Å². The van der Waals surface area contributed by atoms with E-state index in [1.54, 1.807) is 0 Å². The minimum atomic E-state index is -2.75. The molecule has 2 unspecified atom stereocenters. The van der Waals surface area contributed by atoms with Crippen molar-refractivity contribution in [2.24, 2.45) is 5.92 Å². The quantitative estimate of drug-likeness (QED) is 0.347. The van der Waals surface area contributed by atoms with Gasteiger partial charge in [-0.15, -0.1) is 0 Å². The number of carbonyl (C=O) groups excluding carboxylic acids is 1. The maximum Gasteiger partial charge on any atom is 0.261 e. The van der Waals surface area contributed by atoms with Crippen molar-refractivity contribution in [1.29, 1.82) is 0 Å². The number of ketones is 1. The van der Waals surface area contributed by atoms with Crippen LogP contribution < -0.4 is 10.4 Å². The van der Waals surface area contributed by atoms with Crippen LogP contribution in [-0.4, -0.2) is 25.8 Å². The second kappa shape index (κ2) is 9.35. The highest BCUT2D eigenvalue weighted by Crippen LogP contribution is 2.43. The highest BCUT2D eigenvalue weighted by Gasteiger charge is 2.52. The van der Waals surface area contributed by atoms with E-state index in [2.05, 4.69) is 81.1 Å². The lowest BCUT2D eigenvalue weighted by Gasteiger charge is -2.44. The van der Waals surface area contributed by atoms with Crippen molar-refractivity contribution in [2.45, 2.75) is 44.8 Å². The van der Waals surface area contributed by atoms with Gasteiger partial charge in [-0.25, -0.2) is 0 Å². The maximum absolute atomic E-state index is 11.8. The van der Waals surface area contributed by atoms with Gasteiger partial charge in [-0.05, 0) is 38.9 Å². The smallest absolute Gasteiger partial charge is 0.261 e. The molecule has 1 aliphatic rings. The average Bonchev–Trinajstić information content (AvgIpc) is 3.11. The van der Waals surface area contributed by atoms with Gasteiger partial charge in [0.2, 0.25) is 5.78 Å². The number of benzene rings is 3. The Morgan fingerprint density at radius 3 is 2.03 bits per heavy atom.